The van der Waals surface area contributed by atoms with E-state index in [1.54, 1.807) is 38.1 Å². The molecule has 0 atom stereocenters. The minimum absolute atomic E-state index is 0.0289. The van der Waals surface area contributed by atoms with Crippen LogP contribution in [0.3, 0.4) is 0 Å². The lowest BCUT2D eigenvalue weighted by Gasteiger charge is -2.15. The van der Waals surface area contributed by atoms with Crippen molar-refractivity contribution in [1.82, 2.24) is 4.72 Å². The van der Waals surface area contributed by atoms with Crippen molar-refractivity contribution in [3.05, 3.63) is 71.5 Å². The predicted molar refractivity (Wildman–Crippen MR) is 123 cm³/mol. The second-order valence-corrected chi connectivity index (χ2v) is 11.5. The molecule has 0 bridgehead atoms. The zero-order chi connectivity index (χ0) is 24.4. The molecule has 10 heteroatoms. The van der Waals surface area contributed by atoms with Crippen molar-refractivity contribution in [2.45, 2.75) is 48.5 Å². The fraction of sp³-hybridized carbons (Fsp3) is 0.304. The van der Waals surface area contributed by atoms with Crippen LogP contribution < -0.4 is 4.72 Å². The maximum Gasteiger partial charge on any atom is 0.295 e. The van der Waals surface area contributed by atoms with Crippen LogP contribution in [0.2, 0.25) is 0 Å². The number of unbranched alkanes of at least 4 members (excludes halogenated alkanes) is 1. The van der Waals surface area contributed by atoms with E-state index >= 15 is 0 Å². The lowest BCUT2D eigenvalue weighted by Crippen LogP contribution is -2.24. The molecule has 3 N–H and O–H groups in total. The molecule has 178 valence electrons. The SMILES string of the molecule is CC(C)(O)c1ccc2c(CCCCNS(=O)(=O)c3ccc(F)cc3)cc(S(=O)(=O)O)c-2cc1. The van der Waals surface area contributed by atoms with Crippen molar-refractivity contribution in [1.29, 1.82) is 0 Å². The molecule has 0 spiro atoms. The molecule has 2 aliphatic rings. The van der Waals surface area contributed by atoms with Crippen LogP contribution in [0.25, 0.3) is 11.1 Å². The minimum atomic E-state index is -4.46. The summed E-state index contributed by atoms with van der Waals surface area (Å²) >= 11 is 0. The van der Waals surface area contributed by atoms with Crippen molar-refractivity contribution in [2.75, 3.05) is 6.54 Å². The molecule has 0 aliphatic heterocycles. The lowest BCUT2D eigenvalue weighted by atomic mass is 10.0. The van der Waals surface area contributed by atoms with Gasteiger partial charge < -0.3 is 5.11 Å². The van der Waals surface area contributed by atoms with E-state index in [9.17, 15) is 30.9 Å². The van der Waals surface area contributed by atoms with Gasteiger partial charge >= 0.3 is 0 Å². The smallest absolute Gasteiger partial charge is 0.295 e. The van der Waals surface area contributed by atoms with Crippen LogP contribution in [0.4, 0.5) is 4.39 Å². The van der Waals surface area contributed by atoms with Gasteiger partial charge in [-0.05, 0) is 80.1 Å². The molecule has 0 saturated heterocycles. The largest absolute Gasteiger partial charge is 0.386 e. The number of halogens is 1. The summed E-state index contributed by atoms with van der Waals surface area (Å²) in [6.07, 6.45) is 1.47. The number of rotatable bonds is 9. The molecular weight excluding hydrogens is 469 g/mol. The monoisotopic (exact) mass is 495 g/mol. The Balaban J connectivity index is 1.73. The molecule has 2 aliphatic carbocycles. The van der Waals surface area contributed by atoms with Gasteiger partial charge in [0.15, 0.2) is 0 Å². The summed E-state index contributed by atoms with van der Waals surface area (Å²) in [5.74, 6) is -0.525. The van der Waals surface area contributed by atoms with Crippen LogP contribution in [0.1, 0.15) is 37.8 Å². The highest BCUT2D eigenvalue weighted by Gasteiger charge is 2.24. The van der Waals surface area contributed by atoms with Gasteiger partial charge in [-0.15, -0.1) is 0 Å². The summed E-state index contributed by atoms with van der Waals surface area (Å²) < 4.78 is 73.4. The molecule has 3 rings (SSSR count). The van der Waals surface area contributed by atoms with E-state index in [1.165, 1.54) is 18.2 Å². The van der Waals surface area contributed by atoms with Crippen LogP contribution >= 0.6 is 0 Å². The molecule has 0 fully saturated rings. The van der Waals surface area contributed by atoms with Crippen LogP contribution in [0, 0.1) is 5.82 Å². The van der Waals surface area contributed by atoms with Gasteiger partial charge in [0.1, 0.15) is 10.7 Å². The van der Waals surface area contributed by atoms with E-state index < -0.39 is 31.6 Å². The zero-order valence-corrected chi connectivity index (χ0v) is 19.9. The summed E-state index contributed by atoms with van der Waals surface area (Å²) in [7, 11) is -8.21. The van der Waals surface area contributed by atoms with Gasteiger partial charge in [-0.3, -0.25) is 4.55 Å². The highest BCUT2D eigenvalue weighted by Crippen LogP contribution is 2.36. The third-order valence-corrected chi connectivity index (χ3v) is 7.71. The third kappa shape index (κ3) is 6.15. The maximum atomic E-state index is 13.0. The number of aliphatic hydroxyl groups is 1. The number of sulfonamides is 1. The molecule has 0 radical (unpaired) electrons. The molecule has 1 aromatic carbocycles. The summed E-state index contributed by atoms with van der Waals surface area (Å²) in [6, 6.07) is 12.5. The zero-order valence-electron chi connectivity index (χ0n) is 18.2. The van der Waals surface area contributed by atoms with Gasteiger partial charge in [0.05, 0.1) is 10.5 Å². The number of aryl methyl sites for hydroxylation is 1. The van der Waals surface area contributed by atoms with E-state index in [0.717, 1.165) is 12.1 Å². The van der Waals surface area contributed by atoms with Crippen molar-refractivity contribution >= 4 is 20.1 Å². The number of hydrogen-bond donors (Lipinski definition) is 3. The van der Waals surface area contributed by atoms with E-state index in [0.29, 0.717) is 41.5 Å². The Morgan fingerprint density at radius 3 is 2.09 bits per heavy atom. The number of hydrogen-bond acceptors (Lipinski definition) is 5. The van der Waals surface area contributed by atoms with Crippen LogP contribution in [0.15, 0.2) is 64.4 Å². The third-order valence-electron chi connectivity index (χ3n) is 5.34. The Hall–Kier alpha value is -2.37. The first-order chi connectivity index (χ1) is 15.3. The molecule has 0 aromatic heterocycles. The Morgan fingerprint density at radius 1 is 0.909 bits per heavy atom. The summed E-state index contributed by atoms with van der Waals surface area (Å²) in [5.41, 5.74) is 1.12. The van der Waals surface area contributed by atoms with Gasteiger partial charge in [0.25, 0.3) is 10.1 Å². The normalized spacial score (nSPS) is 12.9. The fourth-order valence-corrected chi connectivity index (χ4v) is 5.38. The molecule has 0 saturated carbocycles. The summed E-state index contributed by atoms with van der Waals surface area (Å²) in [4.78, 5) is -0.235. The number of benzene rings is 1. The summed E-state index contributed by atoms with van der Waals surface area (Å²) in [6.45, 7) is 3.38. The van der Waals surface area contributed by atoms with E-state index in [1.807, 2.05) is 0 Å². The first kappa shape index (κ1) is 25.3. The Bertz CT molecular complexity index is 1310. The van der Waals surface area contributed by atoms with Crippen molar-refractivity contribution < 1.29 is 30.9 Å². The molecule has 1 aromatic rings. The highest BCUT2D eigenvalue weighted by molar-refractivity contribution is 7.89. The highest BCUT2D eigenvalue weighted by atomic mass is 32.2. The van der Waals surface area contributed by atoms with Crippen molar-refractivity contribution in [3.8, 4) is 11.1 Å². The summed E-state index contributed by atoms with van der Waals surface area (Å²) in [5, 5.41) is 10.3. The van der Waals surface area contributed by atoms with Gasteiger partial charge in [-0.2, -0.15) is 8.42 Å². The first-order valence-corrected chi connectivity index (χ1v) is 13.2. The van der Waals surface area contributed by atoms with Crippen LogP contribution in [0.5, 0.6) is 0 Å². The predicted octanol–water partition coefficient (Wildman–Crippen LogP) is 3.71. The van der Waals surface area contributed by atoms with Crippen molar-refractivity contribution in [3.63, 3.8) is 0 Å². The number of fused-ring (bicyclic) bond motifs is 1. The van der Waals surface area contributed by atoms with E-state index in [2.05, 4.69) is 4.72 Å². The van der Waals surface area contributed by atoms with Gasteiger partial charge in [0.2, 0.25) is 10.0 Å². The quantitative estimate of drug-likeness (QED) is 0.307. The Kier molecular flexibility index (Phi) is 7.25. The maximum absolute atomic E-state index is 13.0. The van der Waals surface area contributed by atoms with E-state index in [-0.39, 0.29) is 16.3 Å². The standard InChI is InChI=1S/C23H26FNO6S2/c1-23(2,26)17-6-12-20-16(15-22(33(29,30)31)21(20)13-7-17)5-3-4-14-25-32(27,28)19-10-8-18(24)9-11-19/h6-13,15,25-26H,3-5,14H2,1-2H3,(H,29,30,31). The molecule has 7 nitrogen and oxygen atoms in total. The Labute approximate surface area is 193 Å². The molecule has 0 unspecified atom stereocenters. The van der Waals surface area contributed by atoms with Gasteiger partial charge in [-0.1, -0.05) is 24.3 Å². The van der Waals surface area contributed by atoms with Gasteiger partial charge in [0, 0.05) is 12.1 Å². The van der Waals surface area contributed by atoms with Crippen LogP contribution in [-0.2, 0) is 32.2 Å². The molecular formula is C23H26FNO6S2. The molecule has 0 heterocycles. The minimum Gasteiger partial charge on any atom is -0.386 e. The molecule has 0 amide bonds. The first-order valence-electron chi connectivity index (χ1n) is 10.3. The van der Waals surface area contributed by atoms with Crippen molar-refractivity contribution in [2.24, 2.45) is 0 Å². The Morgan fingerprint density at radius 2 is 1.52 bits per heavy atom. The average Bonchev–Trinajstić information content (AvgIpc) is 2.90. The average molecular weight is 496 g/mol. The number of nitrogens with one attached hydrogen (secondary N) is 1. The second kappa shape index (κ2) is 9.47. The lowest BCUT2D eigenvalue weighted by molar-refractivity contribution is 0.0787. The molecule has 33 heavy (non-hydrogen) atoms. The van der Waals surface area contributed by atoms with Crippen LogP contribution in [-0.4, -0.2) is 33.0 Å². The fourth-order valence-electron chi connectivity index (χ4n) is 3.56. The van der Waals surface area contributed by atoms with Gasteiger partial charge in [-0.25, -0.2) is 17.5 Å². The van der Waals surface area contributed by atoms with E-state index in [4.69, 9.17) is 0 Å². The topological polar surface area (TPSA) is 121 Å². The second-order valence-electron chi connectivity index (χ2n) is 8.33.